The molecule has 8 heteroatoms. The predicted molar refractivity (Wildman–Crippen MR) is 95.1 cm³/mol. The molecular weight excluding hydrogens is 352 g/mol. The van der Waals surface area contributed by atoms with Crippen LogP contribution in [0.1, 0.15) is 28.6 Å². The first-order chi connectivity index (χ1) is 13.0. The molecule has 0 amide bonds. The molecule has 0 fully saturated rings. The molecule has 1 aromatic carbocycles. The topological polar surface area (TPSA) is 101 Å². The molecule has 0 bridgehead atoms. The van der Waals surface area contributed by atoms with E-state index >= 15 is 0 Å². The number of ether oxygens (including phenoxy) is 2. The van der Waals surface area contributed by atoms with E-state index < -0.39 is 11.9 Å². The van der Waals surface area contributed by atoms with Crippen LogP contribution in [0.25, 0.3) is 10.9 Å². The van der Waals surface area contributed by atoms with Crippen LogP contribution >= 0.6 is 0 Å². The van der Waals surface area contributed by atoms with Crippen molar-refractivity contribution in [1.82, 2.24) is 9.55 Å². The highest BCUT2D eigenvalue weighted by Crippen LogP contribution is 2.12. The summed E-state index contributed by atoms with van der Waals surface area (Å²) in [5.41, 5.74) is 0.435. The standard InChI is InChI=1S/C19H18N2O6/c1-21-16(20-14-6-4-3-5-13(14)18(21)23)9-10-17(22)26-11-12-7-8-15(27-12)19(24)25-2/h3-8H,9-11H2,1-2H3. The summed E-state index contributed by atoms with van der Waals surface area (Å²) >= 11 is 0. The van der Waals surface area contributed by atoms with Crippen LogP contribution in [0.5, 0.6) is 0 Å². The molecule has 0 aliphatic heterocycles. The van der Waals surface area contributed by atoms with Crippen LogP contribution in [-0.4, -0.2) is 28.6 Å². The van der Waals surface area contributed by atoms with E-state index in [1.54, 1.807) is 31.3 Å². The van der Waals surface area contributed by atoms with E-state index in [4.69, 9.17) is 9.15 Å². The zero-order chi connectivity index (χ0) is 19.4. The van der Waals surface area contributed by atoms with Gasteiger partial charge in [-0.05, 0) is 24.3 Å². The molecule has 0 saturated carbocycles. The number of hydrogen-bond acceptors (Lipinski definition) is 7. The minimum absolute atomic E-state index is 0.0407. The lowest BCUT2D eigenvalue weighted by molar-refractivity contribution is -0.145. The van der Waals surface area contributed by atoms with Crippen molar-refractivity contribution in [2.75, 3.05) is 7.11 Å². The summed E-state index contributed by atoms with van der Waals surface area (Å²) in [5.74, 6) is -0.190. The molecule has 3 aromatic rings. The Balaban J connectivity index is 1.60. The Morgan fingerprint density at radius 3 is 2.74 bits per heavy atom. The van der Waals surface area contributed by atoms with E-state index in [0.717, 1.165) is 0 Å². The Morgan fingerprint density at radius 2 is 1.96 bits per heavy atom. The number of methoxy groups -OCH3 is 1. The maximum atomic E-state index is 12.3. The van der Waals surface area contributed by atoms with Gasteiger partial charge in [-0.25, -0.2) is 9.78 Å². The molecule has 0 unspecified atom stereocenters. The number of nitrogens with zero attached hydrogens (tertiary/aromatic N) is 2. The number of carbonyl (C=O) groups excluding carboxylic acids is 2. The van der Waals surface area contributed by atoms with Gasteiger partial charge in [-0.2, -0.15) is 0 Å². The minimum atomic E-state index is -0.601. The Kier molecular flexibility index (Phi) is 5.35. The number of aromatic nitrogens is 2. The summed E-state index contributed by atoms with van der Waals surface area (Å²) in [7, 11) is 2.87. The third-order valence-electron chi connectivity index (χ3n) is 4.05. The van der Waals surface area contributed by atoms with E-state index in [1.165, 1.54) is 23.8 Å². The molecule has 0 atom stereocenters. The lowest BCUT2D eigenvalue weighted by Gasteiger charge is -2.09. The van der Waals surface area contributed by atoms with Crippen LogP contribution in [0.15, 0.2) is 45.6 Å². The SMILES string of the molecule is COC(=O)c1ccc(COC(=O)CCc2nc3ccccc3c(=O)n2C)o1. The molecular formula is C19H18N2O6. The van der Waals surface area contributed by atoms with Crippen molar-refractivity contribution >= 4 is 22.8 Å². The third kappa shape index (κ3) is 4.05. The average molecular weight is 370 g/mol. The molecule has 0 N–H and O–H groups in total. The van der Waals surface area contributed by atoms with Crippen LogP contribution < -0.4 is 5.56 Å². The summed E-state index contributed by atoms with van der Waals surface area (Å²) in [6.45, 7) is -0.0973. The molecule has 140 valence electrons. The number of carbonyl (C=O) groups is 2. The molecule has 0 aliphatic rings. The van der Waals surface area contributed by atoms with Crippen molar-refractivity contribution in [3.63, 3.8) is 0 Å². The molecule has 27 heavy (non-hydrogen) atoms. The monoisotopic (exact) mass is 370 g/mol. The third-order valence-corrected chi connectivity index (χ3v) is 4.05. The van der Waals surface area contributed by atoms with Gasteiger partial charge in [0.2, 0.25) is 5.76 Å². The van der Waals surface area contributed by atoms with E-state index in [1.807, 2.05) is 0 Å². The van der Waals surface area contributed by atoms with Gasteiger partial charge < -0.3 is 13.9 Å². The first-order valence-corrected chi connectivity index (χ1v) is 8.27. The molecule has 2 heterocycles. The van der Waals surface area contributed by atoms with Crippen LogP contribution in [-0.2, 0) is 34.3 Å². The molecule has 8 nitrogen and oxygen atoms in total. The van der Waals surface area contributed by atoms with Crippen molar-refractivity contribution in [1.29, 1.82) is 0 Å². The summed E-state index contributed by atoms with van der Waals surface area (Å²) in [6.07, 6.45) is 0.324. The van der Waals surface area contributed by atoms with Crippen LogP contribution in [0.3, 0.4) is 0 Å². The summed E-state index contributed by atoms with van der Waals surface area (Å²) in [4.78, 5) is 40.1. The van der Waals surface area contributed by atoms with Crippen molar-refractivity contribution in [2.45, 2.75) is 19.4 Å². The first kappa shape index (κ1) is 18.4. The van der Waals surface area contributed by atoms with Crippen LogP contribution in [0.2, 0.25) is 0 Å². The van der Waals surface area contributed by atoms with E-state index in [0.29, 0.717) is 22.5 Å². The van der Waals surface area contributed by atoms with Gasteiger partial charge in [0, 0.05) is 13.5 Å². The lowest BCUT2D eigenvalue weighted by atomic mass is 10.2. The van der Waals surface area contributed by atoms with E-state index in [2.05, 4.69) is 9.72 Å². The predicted octanol–water partition coefficient (Wildman–Crippen LogP) is 1.99. The maximum absolute atomic E-state index is 12.3. The number of rotatable bonds is 6. The number of hydrogen-bond donors (Lipinski definition) is 0. The van der Waals surface area contributed by atoms with Crippen LogP contribution in [0, 0.1) is 0 Å². The molecule has 0 aliphatic carbocycles. The van der Waals surface area contributed by atoms with Gasteiger partial charge in [0.25, 0.3) is 5.56 Å². The number of esters is 2. The second-order valence-corrected chi connectivity index (χ2v) is 5.83. The summed E-state index contributed by atoms with van der Waals surface area (Å²) in [6, 6.07) is 10.0. The molecule has 0 saturated heterocycles. The second-order valence-electron chi connectivity index (χ2n) is 5.83. The van der Waals surface area contributed by atoms with Crippen molar-refractivity contribution < 1.29 is 23.5 Å². The van der Waals surface area contributed by atoms with Crippen LogP contribution in [0.4, 0.5) is 0 Å². The minimum Gasteiger partial charge on any atom is -0.463 e. The molecule has 2 aromatic heterocycles. The number of fused-ring (bicyclic) bond motifs is 1. The Bertz CT molecular complexity index is 1050. The average Bonchev–Trinajstić information content (AvgIpc) is 3.16. The first-order valence-electron chi connectivity index (χ1n) is 8.27. The fourth-order valence-corrected chi connectivity index (χ4v) is 2.59. The molecule has 3 rings (SSSR count). The van der Waals surface area contributed by atoms with Gasteiger partial charge in [-0.15, -0.1) is 0 Å². The van der Waals surface area contributed by atoms with Crippen molar-refractivity contribution in [2.24, 2.45) is 7.05 Å². The number of aryl methyl sites for hydroxylation is 1. The van der Waals surface area contributed by atoms with Gasteiger partial charge in [0.05, 0.1) is 24.4 Å². The summed E-state index contributed by atoms with van der Waals surface area (Å²) in [5, 5.41) is 0.533. The van der Waals surface area contributed by atoms with Gasteiger partial charge in [-0.3, -0.25) is 14.2 Å². The molecule has 0 radical (unpaired) electrons. The highest BCUT2D eigenvalue weighted by atomic mass is 16.5. The smallest absolute Gasteiger partial charge is 0.373 e. The van der Waals surface area contributed by atoms with Gasteiger partial charge in [-0.1, -0.05) is 12.1 Å². The normalized spacial score (nSPS) is 10.7. The van der Waals surface area contributed by atoms with E-state index in [9.17, 15) is 14.4 Å². The Hall–Kier alpha value is -3.42. The van der Waals surface area contributed by atoms with Gasteiger partial charge in [0.15, 0.2) is 0 Å². The second kappa shape index (κ2) is 7.86. The molecule has 0 spiro atoms. The number of furan rings is 1. The Labute approximate surface area is 154 Å². The number of para-hydroxylation sites is 1. The van der Waals surface area contributed by atoms with E-state index in [-0.39, 0.29) is 30.8 Å². The quantitative estimate of drug-likeness (QED) is 0.612. The zero-order valence-electron chi connectivity index (χ0n) is 14.9. The maximum Gasteiger partial charge on any atom is 0.373 e. The highest BCUT2D eigenvalue weighted by molar-refractivity contribution is 5.86. The Morgan fingerprint density at radius 1 is 1.19 bits per heavy atom. The summed E-state index contributed by atoms with van der Waals surface area (Å²) < 4.78 is 16.3. The fourth-order valence-electron chi connectivity index (χ4n) is 2.59. The largest absolute Gasteiger partial charge is 0.463 e. The van der Waals surface area contributed by atoms with Crippen molar-refractivity contribution in [3.8, 4) is 0 Å². The fraction of sp³-hybridized carbons (Fsp3) is 0.263. The van der Waals surface area contributed by atoms with Gasteiger partial charge in [0.1, 0.15) is 18.2 Å². The van der Waals surface area contributed by atoms with Crippen molar-refractivity contribution in [3.05, 3.63) is 64.1 Å². The van der Waals surface area contributed by atoms with Gasteiger partial charge >= 0.3 is 11.9 Å². The number of benzene rings is 1. The highest BCUT2D eigenvalue weighted by Gasteiger charge is 2.14. The lowest BCUT2D eigenvalue weighted by Crippen LogP contribution is -2.23. The zero-order valence-corrected chi connectivity index (χ0v) is 14.9.